The summed E-state index contributed by atoms with van der Waals surface area (Å²) in [7, 11) is 0. The van der Waals surface area contributed by atoms with Gasteiger partial charge in [-0.1, -0.05) is 54.6 Å². The van der Waals surface area contributed by atoms with E-state index in [0.29, 0.717) is 0 Å². The molecule has 1 aromatic carbocycles. The Balaban J connectivity index is 1.75. The van der Waals surface area contributed by atoms with Gasteiger partial charge in [-0.05, 0) is 24.3 Å². The molecule has 0 spiro atoms. The van der Waals surface area contributed by atoms with Crippen molar-refractivity contribution in [1.29, 1.82) is 0 Å². The summed E-state index contributed by atoms with van der Waals surface area (Å²) in [4.78, 5) is 0. The maximum Gasteiger partial charge on any atom is -0.00185 e. The van der Waals surface area contributed by atoms with Crippen molar-refractivity contribution in [2.24, 2.45) is 5.92 Å². The molecule has 0 bridgehead atoms. The molecule has 13 heavy (non-hydrogen) atoms. The van der Waals surface area contributed by atoms with Gasteiger partial charge in [-0.25, -0.2) is 0 Å². The van der Waals surface area contributed by atoms with Crippen LogP contribution in [0.4, 0.5) is 0 Å². The van der Waals surface area contributed by atoms with Gasteiger partial charge in [0.1, 0.15) is 0 Å². The summed E-state index contributed by atoms with van der Waals surface area (Å²) in [5.41, 5.74) is 1.39. The Morgan fingerprint density at radius 3 is 2.46 bits per heavy atom. The Kier molecular flexibility index (Phi) is 2.61. The van der Waals surface area contributed by atoms with E-state index in [1.807, 2.05) is 0 Å². The van der Waals surface area contributed by atoms with Crippen molar-refractivity contribution in [3.05, 3.63) is 60.2 Å². The second-order valence-electron chi connectivity index (χ2n) is 3.45. The van der Waals surface area contributed by atoms with Crippen molar-refractivity contribution in [3.63, 3.8) is 0 Å². The summed E-state index contributed by atoms with van der Waals surface area (Å²) in [6.45, 7) is 0. The lowest BCUT2D eigenvalue weighted by molar-refractivity contribution is 0.937. The van der Waals surface area contributed by atoms with Crippen molar-refractivity contribution in [2.45, 2.75) is 12.8 Å². The van der Waals surface area contributed by atoms with Gasteiger partial charge in [-0.2, -0.15) is 0 Å². The van der Waals surface area contributed by atoms with E-state index in [1.54, 1.807) is 0 Å². The van der Waals surface area contributed by atoms with E-state index < -0.39 is 0 Å². The third-order valence-electron chi connectivity index (χ3n) is 2.24. The summed E-state index contributed by atoms with van der Waals surface area (Å²) in [6, 6.07) is 10.6. The zero-order chi connectivity index (χ0) is 8.93. The molecule has 0 amide bonds. The zero-order valence-corrected chi connectivity index (χ0v) is 7.69. The monoisotopic (exact) mass is 170 g/mol. The number of hydrogen-bond acceptors (Lipinski definition) is 0. The highest BCUT2D eigenvalue weighted by Crippen LogP contribution is 2.20. The van der Waals surface area contributed by atoms with Crippen LogP contribution in [0.2, 0.25) is 0 Å². The first kappa shape index (κ1) is 8.31. The maximum absolute atomic E-state index is 2.28. The van der Waals surface area contributed by atoms with Crippen LogP contribution in [-0.4, -0.2) is 0 Å². The van der Waals surface area contributed by atoms with Crippen LogP contribution >= 0.6 is 0 Å². The highest BCUT2D eigenvalue weighted by molar-refractivity contribution is 5.19. The van der Waals surface area contributed by atoms with E-state index in [-0.39, 0.29) is 0 Å². The number of allylic oxidation sites excluding steroid dienone is 4. The van der Waals surface area contributed by atoms with Gasteiger partial charge in [0.2, 0.25) is 0 Å². The minimum Gasteiger partial charge on any atom is -0.0873 e. The van der Waals surface area contributed by atoms with Crippen molar-refractivity contribution >= 4 is 0 Å². The molecule has 1 aliphatic rings. The Bertz CT molecular complexity index is 300. The lowest BCUT2D eigenvalue weighted by Gasteiger charge is -1.93. The molecule has 0 heterocycles. The van der Waals surface area contributed by atoms with Crippen molar-refractivity contribution in [3.8, 4) is 0 Å². The van der Waals surface area contributed by atoms with Gasteiger partial charge in [-0.3, -0.25) is 0 Å². The van der Waals surface area contributed by atoms with Crippen LogP contribution in [0.15, 0.2) is 54.6 Å². The molecule has 0 N–H and O–H groups in total. The van der Waals surface area contributed by atoms with Gasteiger partial charge < -0.3 is 0 Å². The number of hydrogen-bond donors (Lipinski definition) is 0. The van der Waals surface area contributed by atoms with Crippen molar-refractivity contribution in [1.82, 2.24) is 0 Å². The Hall–Kier alpha value is -1.30. The minimum atomic E-state index is 0.770. The van der Waals surface area contributed by atoms with Crippen LogP contribution in [0.3, 0.4) is 0 Å². The van der Waals surface area contributed by atoms with E-state index >= 15 is 0 Å². The molecule has 0 nitrogen and oxygen atoms in total. The third-order valence-corrected chi connectivity index (χ3v) is 2.24. The summed E-state index contributed by atoms with van der Waals surface area (Å²) in [5.74, 6) is 0.770. The van der Waals surface area contributed by atoms with Crippen LogP contribution in [0.5, 0.6) is 0 Å². The standard InChI is InChI=1S/C13H14/c1-2-6-12(7-3-1)8-4-5-9-13-10-11-13/h1-7,10-11,13H,8-9H2/b5-4+. The number of benzene rings is 1. The van der Waals surface area contributed by atoms with Crippen LogP contribution < -0.4 is 0 Å². The van der Waals surface area contributed by atoms with Crippen LogP contribution in [0, 0.1) is 5.92 Å². The quantitative estimate of drug-likeness (QED) is 0.608. The Labute approximate surface area is 79.6 Å². The molecule has 0 aromatic heterocycles. The highest BCUT2D eigenvalue weighted by Gasteiger charge is 2.06. The molecule has 0 saturated heterocycles. The average molecular weight is 170 g/mol. The van der Waals surface area contributed by atoms with E-state index in [0.717, 1.165) is 12.3 Å². The van der Waals surface area contributed by atoms with Gasteiger partial charge in [0, 0.05) is 0 Å². The molecular weight excluding hydrogens is 156 g/mol. The summed E-state index contributed by atoms with van der Waals surface area (Å²) in [6.07, 6.45) is 11.3. The second kappa shape index (κ2) is 4.08. The van der Waals surface area contributed by atoms with E-state index in [1.165, 1.54) is 12.0 Å². The van der Waals surface area contributed by atoms with Gasteiger partial charge in [0.05, 0.1) is 0 Å². The van der Waals surface area contributed by atoms with Crippen LogP contribution in [0.1, 0.15) is 12.0 Å². The van der Waals surface area contributed by atoms with Crippen molar-refractivity contribution < 1.29 is 0 Å². The molecule has 2 rings (SSSR count). The second-order valence-corrected chi connectivity index (χ2v) is 3.45. The fraction of sp³-hybridized carbons (Fsp3) is 0.231. The van der Waals surface area contributed by atoms with Gasteiger partial charge >= 0.3 is 0 Å². The van der Waals surface area contributed by atoms with Gasteiger partial charge in [0.15, 0.2) is 0 Å². The molecule has 66 valence electrons. The van der Waals surface area contributed by atoms with E-state index in [2.05, 4.69) is 54.6 Å². The summed E-state index contributed by atoms with van der Waals surface area (Å²) in [5, 5.41) is 0. The first-order valence-corrected chi connectivity index (χ1v) is 4.82. The molecule has 0 fully saturated rings. The smallest absolute Gasteiger partial charge is 0.00185 e. The Morgan fingerprint density at radius 2 is 1.77 bits per heavy atom. The molecule has 0 saturated carbocycles. The topological polar surface area (TPSA) is 0 Å². The zero-order valence-electron chi connectivity index (χ0n) is 7.69. The predicted octanol–water partition coefficient (Wildman–Crippen LogP) is 3.36. The largest absolute Gasteiger partial charge is 0.0873 e. The van der Waals surface area contributed by atoms with Gasteiger partial charge in [-0.15, -0.1) is 0 Å². The summed E-state index contributed by atoms with van der Waals surface area (Å²) >= 11 is 0. The van der Waals surface area contributed by atoms with E-state index in [9.17, 15) is 0 Å². The van der Waals surface area contributed by atoms with E-state index in [4.69, 9.17) is 0 Å². The lowest BCUT2D eigenvalue weighted by atomic mass is 10.1. The third kappa shape index (κ3) is 2.90. The molecule has 0 unspecified atom stereocenters. The van der Waals surface area contributed by atoms with Gasteiger partial charge in [0.25, 0.3) is 0 Å². The molecule has 0 radical (unpaired) electrons. The highest BCUT2D eigenvalue weighted by atomic mass is 14.1. The molecule has 1 aliphatic carbocycles. The summed E-state index contributed by atoms with van der Waals surface area (Å²) < 4.78 is 0. The van der Waals surface area contributed by atoms with Crippen LogP contribution in [0.25, 0.3) is 0 Å². The van der Waals surface area contributed by atoms with Crippen molar-refractivity contribution in [2.75, 3.05) is 0 Å². The fourth-order valence-corrected chi connectivity index (χ4v) is 1.32. The number of rotatable bonds is 4. The lowest BCUT2D eigenvalue weighted by Crippen LogP contribution is -1.79. The average Bonchev–Trinajstić information content (AvgIpc) is 2.98. The molecule has 0 atom stereocenters. The predicted molar refractivity (Wildman–Crippen MR) is 56.5 cm³/mol. The fourth-order valence-electron chi connectivity index (χ4n) is 1.32. The molecule has 0 aliphatic heterocycles. The first-order chi connectivity index (χ1) is 6.45. The minimum absolute atomic E-state index is 0.770. The molecular formula is C13H14. The Morgan fingerprint density at radius 1 is 1.00 bits per heavy atom. The normalized spacial score (nSPS) is 15.4. The molecule has 1 aromatic rings. The SMILES string of the molecule is C1=CC1C/C=C/Cc1ccccc1. The molecule has 0 heteroatoms. The first-order valence-electron chi connectivity index (χ1n) is 4.82. The van der Waals surface area contributed by atoms with Crippen LogP contribution in [-0.2, 0) is 6.42 Å². The maximum atomic E-state index is 2.28.